The summed E-state index contributed by atoms with van der Waals surface area (Å²) < 4.78 is 6.90. The highest BCUT2D eigenvalue weighted by Gasteiger charge is 2.08. The number of hydrogen-bond donors (Lipinski definition) is 1. The molecule has 2 rings (SSSR count). The molecule has 7 nitrogen and oxygen atoms in total. The normalized spacial score (nSPS) is 10.7. The van der Waals surface area contributed by atoms with E-state index < -0.39 is 0 Å². The van der Waals surface area contributed by atoms with Gasteiger partial charge in [0.2, 0.25) is 0 Å². The van der Waals surface area contributed by atoms with Crippen LogP contribution in [-0.2, 0) is 11.4 Å². The zero-order chi connectivity index (χ0) is 15.9. The molecule has 1 aromatic carbocycles. The third-order valence-corrected chi connectivity index (χ3v) is 3.37. The van der Waals surface area contributed by atoms with E-state index in [1.165, 1.54) is 17.9 Å². The number of nitrogens with zero attached hydrogens (tertiary/aromatic N) is 3. The second kappa shape index (κ2) is 7.60. The molecule has 0 saturated heterocycles. The van der Waals surface area contributed by atoms with Crippen molar-refractivity contribution in [3.63, 3.8) is 0 Å². The average Bonchev–Trinajstić information content (AvgIpc) is 2.92. The van der Waals surface area contributed by atoms with Gasteiger partial charge in [0.1, 0.15) is 18.1 Å². The van der Waals surface area contributed by atoms with E-state index in [9.17, 15) is 4.79 Å². The summed E-state index contributed by atoms with van der Waals surface area (Å²) >= 11 is 3.30. The van der Waals surface area contributed by atoms with Crippen molar-refractivity contribution >= 4 is 28.2 Å². The maximum Gasteiger partial charge on any atom is 0.341 e. The first kappa shape index (κ1) is 16.0. The van der Waals surface area contributed by atoms with Gasteiger partial charge < -0.3 is 14.9 Å². The molecule has 1 N–H and O–H groups in total. The molecule has 0 unspecified atom stereocenters. The highest BCUT2D eigenvalue weighted by molar-refractivity contribution is 9.10. The minimum absolute atomic E-state index is 0.328. The molecule has 1 aromatic heterocycles. The molecule has 22 heavy (non-hydrogen) atoms. The molecule has 0 radical (unpaired) electrons. The maximum absolute atomic E-state index is 11.4. The van der Waals surface area contributed by atoms with Crippen LogP contribution in [0.5, 0.6) is 5.75 Å². The zero-order valence-corrected chi connectivity index (χ0v) is 13.7. The second-order valence-corrected chi connectivity index (χ2v) is 5.07. The van der Waals surface area contributed by atoms with Crippen LogP contribution >= 0.6 is 15.9 Å². The third-order valence-electron chi connectivity index (χ3n) is 2.76. The number of hydrogen-bond acceptors (Lipinski definition) is 5. The fraction of sp³-hybridized carbons (Fsp3) is 0.214. The number of rotatable bonds is 5. The van der Waals surface area contributed by atoms with Crippen LogP contribution in [0.15, 0.2) is 40.1 Å². The summed E-state index contributed by atoms with van der Waals surface area (Å²) in [4.78, 5) is 16.6. The van der Waals surface area contributed by atoms with E-state index in [1.807, 2.05) is 24.3 Å². The Bertz CT molecular complexity index is 667. The van der Waals surface area contributed by atoms with E-state index in [4.69, 9.17) is 9.57 Å². The van der Waals surface area contributed by atoms with E-state index in [0.717, 1.165) is 11.3 Å². The minimum Gasteiger partial charge on any atom is -0.497 e. The number of oxime groups is 1. The molecule has 1 amide bonds. The van der Waals surface area contributed by atoms with Gasteiger partial charge in [-0.1, -0.05) is 17.3 Å². The number of amides is 1. The fourth-order valence-corrected chi connectivity index (χ4v) is 1.97. The Labute approximate surface area is 136 Å². The number of carbonyl (C=O) groups is 1. The summed E-state index contributed by atoms with van der Waals surface area (Å²) in [5.41, 5.74) is 1.46. The molecule has 0 fully saturated rings. The average molecular weight is 367 g/mol. The zero-order valence-electron chi connectivity index (χ0n) is 12.1. The summed E-state index contributed by atoms with van der Waals surface area (Å²) in [6.07, 6.45) is 2.98. The van der Waals surface area contributed by atoms with Gasteiger partial charge in [-0.2, -0.15) is 9.78 Å². The van der Waals surface area contributed by atoms with Crippen LogP contribution in [0.4, 0.5) is 4.79 Å². The largest absolute Gasteiger partial charge is 0.497 e. The molecule has 0 spiro atoms. The Morgan fingerprint density at radius 2 is 2.18 bits per heavy atom. The van der Waals surface area contributed by atoms with Crippen molar-refractivity contribution in [1.29, 1.82) is 0 Å². The van der Waals surface area contributed by atoms with Crippen LogP contribution in [0.25, 0.3) is 0 Å². The van der Waals surface area contributed by atoms with E-state index >= 15 is 0 Å². The Balaban J connectivity index is 1.92. The molecular weight excluding hydrogens is 352 g/mol. The van der Waals surface area contributed by atoms with Gasteiger partial charge in [0.15, 0.2) is 0 Å². The molecule has 0 bridgehead atoms. The smallest absolute Gasteiger partial charge is 0.341 e. The monoisotopic (exact) mass is 366 g/mol. The van der Waals surface area contributed by atoms with Gasteiger partial charge in [-0.15, -0.1) is 0 Å². The molecule has 0 aliphatic carbocycles. The summed E-state index contributed by atoms with van der Waals surface area (Å²) in [5.74, 6) is 0.788. The molecule has 116 valence electrons. The number of methoxy groups -OCH3 is 1. The van der Waals surface area contributed by atoms with Crippen LogP contribution in [0, 0.1) is 0 Å². The molecule has 8 heteroatoms. The van der Waals surface area contributed by atoms with Crippen molar-refractivity contribution < 1.29 is 14.4 Å². The van der Waals surface area contributed by atoms with Crippen molar-refractivity contribution in [3.05, 3.63) is 46.2 Å². The molecule has 1 heterocycles. The van der Waals surface area contributed by atoms with E-state index in [-0.39, 0.29) is 6.03 Å². The topological polar surface area (TPSA) is 77.7 Å². The summed E-state index contributed by atoms with van der Waals surface area (Å²) in [7, 11) is 3.15. The van der Waals surface area contributed by atoms with Crippen LogP contribution in [-0.4, -0.2) is 36.2 Å². The highest BCUT2D eigenvalue weighted by atomic mass is 79.9. The lowest BCUT2D eigenvalue weighted by Crippen LogP contribution is -2.24. The van der Waals surface area contributed by atoms with Gasteiger partial charge in [-0.25, -0.2) is 4.79 Å². The van der Waals surface area contributed by atoms with Crippen molar-refractivity contribution in [1.82, 2.24) is 15.1 Å². The van der Waals surface area contributed by atoms with E-state index in [1.54, 1.807) is 13.3 Å². The molecule has 0 saturated carbocycles. The van der Waals surface area contributed by atoms with Crippen molar-refractivity contribution in [3.8, 4) is 5.75 Å². The Hall–Kier alpha value is -2.35. The number of nitrogens with one attached hydrogen (secondary N) is 1. The molecular formula is C14H15BrN4O3. The van der Waals surface area contributed by atoms with Crippen LogP contribution in [0.3, 0.4) is 0 Å². The van der Waals surface area contributed by atoms with Gasteiger partial charge in [-0.3, -0.25) is 0 Å². The lowest BCUT2D eigenvalue weighted by atomic mass is 10.2. The van der Waals surface area contributed by atoms with Crippen LogP contribution in [0.1, 0.15) is 11.3 Å². The Kier molecular flexibility index (Phi) is 5.54. The number of halogens is 1. The number of carbonyl (C=O) groups excluding carboxylic acids is 1. The van der Waals surface area contributed by atoms with Gasteiger partial charge >= 0.3 is 6.03 Å². The van der Waals surface area contributed by atoms with Crippen LogP contribution in [0.2, 0.25) is 0 Å². The quantitative estimate of drug-likeness (QED) is 0.650. The lowest BCUT2D eigenvalue weighted by Gasteiger charge is -2.02. The standard InChI is InChI=1S/C14H15BrN4O3/c1-16-14(20)19-8-12(15)13(18-19)7-17-22-9-10-3-5-11(21-2)6-4-10/h3-8H,9H2,1-2H3,(H,16,20)/b17-7-. The molecule has 0 aliphatic rings. The van der Waals surface area contributed by atoms with Crippen molar-refractivity contribution in [2.45, 2.75) is 6.61 Å². The summed E-state index contributed by atoms with van der Waals surface area (Å²) in [6.45, 7) is 0.328. The fourth-order valence-electron chi connectivity index (χ4n) is 1.59. The van der Waals surface area contributed by atoms with E-state index in [0.29, 0.717) is 16.8 Å². The Morgan fingerprint density at radius 3 is 2.82 bits per heavy atom. The molecule has 2 aromatic rings. The van der Waals surface area contributed by atoms with Gasteiger partial charge in [0.05, 0.1) is 24.0 Å². The predicted octanol–water partition coefficient (Wildman–Crippen LogP) is 2.39. The third kappa shape index (κ3) is 4.08. The Morgan fingerprint density at radius 1 is 1.45 bits per heavy atom. The maximum atomic E-state index is 11.4. The highest BCUT2D eigenvalue weighted by Crippen LogP contribution is 2.14. The second-order valence-electron chi connectivity index (χ2n) is 4.22. The SMILES string of the molecule is CNC(=O)n1cc(Br)c(/C=N\OCc2ccc(OC)cc2)n1. The van der Waals surface area contributed by atoms with Crippen molar-refractivity contribution in [2.75, 3.05) is 14.2 Å². The summed E-state index contributed by atoms with van der Waals surface area (Å²) in [6, 6.07) is 7.16. The first-order chi connectivity index (χ1) is 10.6. The molecule has 0 atom stereocenters. The minimum atomic E-state index is -0.334. The first-order valence-corrected chi connectivity index (χ1v) is 7.19. The number of ether oxygens (including phenoxy) is 1. The van der Waals surface area contributed by atoms with Gasteiger partial charge in [-0.05, 0) is 33.6 Å². The number of benzene rings is 1. The predicted molar refractivity (Wildman–Crippen MR) is 85.2 cm³/mol. The van der Waals surface area contributed by atoms with Gasteiger partial charge in [0.25, 0.3) is 0 Å². The summed E-state index contributed by atoms with van der Waals surface area (Å²) in [5, 5.41) is 10.4. The van der Waals surface area contributed by atoms with Crippen LogP contribution < -0.4 is 10.1 Å². The lowest BCUT2D eigenvalue weighted by molar-refractivity contribution is 0.132. The number of aromatic nitrogens is 2. The van der Waals surface area contributed by atoms with E-state index in [2.05, 4.69) is 31.5 Å². The van der Waals surface area contributed by atoms with Gasteiger partial charge in [0, 0.05) is 7.05 Å². The first-order valence-electron chi connectivity index (χ1n) is 6.39. The molecule has 0 aliphatic heterocycles. The van der Waals surface area contributed by atoms with Crippen molar-refractivity contribution in [2.24, 2.45) is 5.16 Å².